The van der Waals surface area contributed by atoms with Crippen LogP contribution in [-0.2, 0) is 21.2 Å². The fourth-order valence-corrected chi connectivity index (χ4v) is 4.37. The van der Waals surface area contributed by atoms with E-state index in [9.17, 15) is 13.2 Å². The zero-order valence-corrected chi connectivity index (χ0v) is 16.4. The van der Waals surface area contributed by atoms with Crippen molar-refractivity contribution in [3.8, 4) is 0 Å². The summed E-state index contributed by atoms with van der Waals surface area (Å²) in [5.74, 6) is 0.922. The number of guanidine groups is 1. The van der Waals surface area contributed by atoms with Gasteiger partial charge in [0.05, 0.1) is 11.5 Å². The van der Waals surface area contributed by atoms with Gasteiger partial charge in [0, 0.05) is 31.2 Å². The third-order valence-corrected chi connectivity index (χ3v) is 6.28. The van der Waals surface area contributed by atoms with Crippen molar-refractivity contribution >= 4 is 27.4 Å². The van der Waals surface area contributed by atoms with Crippen LogP contribution in [0.25, 0.3) is 0 Å². The number of hydrogen-bond donors (Lipinski definition) is 3. The minimum Gasteiger partial charge on any atom is -0.353 e. The van der Waals surface area contributed by atoms with Gasteiger partial charge in [-0.2, -0.15) is 0 Å². The normalized spacial score (nSPS) is 20.4. The first-order valence-electron chi connectivity index (χ1n) is 8.90. The lowest BCUT2D eigenvalue weighted by Crippen LogP contribution is -2.43. The molecule has 1 saturated heterocycles. The second kappa shape index (κ2) is 9.02. The molecule has 1 aliphatic rings. The monoisotopic (exact) mass is 380 g/mol. The van der Waals surface area contributed by atoms with Crippen LogP contribution in [0.5, 0.6) is 0 Å². The molecule has 0 aromatic heterocycles. The van der Waals surface area contributed by atoms with Gasteiger partial charge in [-0.1, -0.05) is 26.0 Å². The number of anilines is 1. The Balaban J connectivity index is 1.90. The van der Waals surface area contributed by atoms with E-state index in [0.717, 1.165) is 17.7 Å². The third-order valence-electron chi connectivity index (χ3n) is 4.51. The molecular weight excluding hydrogens is 352 g/mol. The average molecular weight is 381 g/mol. The SMILES string of the molecule is CCC(C)C(=O)Nc1cccc(CNC(=NC)NC2CCS(=O)(=O)C2)c1. The summed E-state index contributed by atoms with van der Waals surface area (Å²) in [6.45, 7) is 4.41. The number of carbonyl (C=O) groups is 1. The summed E-state index contributed by atoms with van der Waals surface area (Å²) in [6, 6.07) is 7.52. The van der Waals surface area contributed by atoms with Gasteiger partial charge in [0.1, 0.15) is 0 Å². The van der Waals surface area contributed by atoms with E-state index < -0.39 is 9.84 Å². The molecule has 26 heavy (non-hydrogen) atoms. The fourth-order valence-electron chi connectivity index (χ4n) is 2.69. The van der Waals surface area contributed by atoms with Crippen LogP contribution in [0.4, 0.5) is 5.69 Å². The zero-order valence-electron chi connectivity index (χ0n) is 15.6. The van der Waals surface area contributed by atoms with Gasteiger partial charge in [-0.25, -0.2) is 8.42 Å². The molecule has 2 unspecified atom stereocenters. The van der Waals surface area contributed by atoms with Crippen LogP contribution in [0.1, 0.15) is 32.3 Å². The molecule has 2 atom stereocenters. The molecule has 1 fully saturated rings. The first kappa shape index (κ1) is 20.2. The van der Waals surface area contributed by atoms with E-state index in [2.05, 4.69) is 20.9 Å². The van der Waals surface area contributed by atoms with Crippen LogP contribution in [0.3, 0.4) is 0 Å². The van der Waals surface area contributed by atoms with Crippen LogP contribution >= 0.6 is 0 Å². The number of nitrogens with zero attached hydrogens (tertiary/aromatic N) is 1. The van der Waals surface area contributed by atoms with Crippen LogP contribution in [0.2, 0.25) is 0 Å². The number of carbonyl (C=O) groups excluding carboxylic acids is 1. The molecule has 1 amide bonds. The number of sulfone groups is 1. The second-order valence-electron chi connectivity index (χ2n) is 6.67. The summed E-state index contributed by atoms with van der Waals surface area (Å²) in [5.41, 5.74) is 1.76. The molecule has 0 bridgehead atoms. The van der Waals surface area contributed by atoms with Crippen molar-refractivity contribution in [3.05, 3.63) is 29.8 Å². The van der Waals surface area contributed by atoms with Crippen molar-refractivity contribution in [3.63, 3.8) is 0 Å². The summed E-state index contributed by atoms with van der Waals surface area (Å²) in [4.78, 5) is 16.2. The van der Waals surface area contributed by atoms with Gasteiger partial charge in [-0.15, -0.1) is 0 Å². The Labute approximate surface area is 155 Å². The lowest BCUT2D eigenvalue weighted by Gasteiger charge is -2.16. The Bertz CT molecular complexity index is 761. The summed E-state index contributed by atoms with van der Waals surface area (Å²) in [6.07, 6.45) is 1.39. The largest absolute Gasteiger partial charge is 0.353 e. The molecule has 1 aromatic carbocycles. The zero-order chi connectivity index (χ0) is 19.2. The van der Waals surface area contributed by atoms with Gasteiger partial charge in [0.2, 0.25) is 5.91 Å². The molecule has 0 saturated carbocycles. The van der Waals surface area contributed by atoms with Gasteiger partial charge in [0.25, 0.3) is 0 Å². The number of aliphatic imine (C=N–C) groups is 1. The summed E-state index contributed by atoms with van der Waals surface area (Å²) < 4.78 is 23.1. The number of hydrogen-bond acceptors (Lipinski definition) is 4. The molecule has 1 aromatic rings. The smallest absolute Gasteiger partial charge is 0.227 e. The van der Waals surface area contributed by atoms with E-state index in [-0.39, 0.29) is 29.4 Å². The maximum absolute atomic E-state index is 12.0. The molecule has 0 spiro atoms. The summed E-state index contributed by atoms with van der Waals surface area (Å²) in [5, 5.41) is 9.26. The Kier molecular flexibility index (Phi) is 7.02. The highest BCUT2D eigenvalue weighted by atomic mass is 32.2. The quantitative estimate of drug-likeness (QED) is 0.513. The first-order chi connectivity index (χ1) is 12.3. The van der Waals surface area contributed by atoms with Crippen LogP contribution in [0, 0.1) is 5.92 Å². The van der Waals surface area contributed by atoms with Gasteiger partial charge < -0.3 is 16.0 Å². The number of benzene rings is 1. The predicted molar refractivity (Wildman–Crippen MR) is 105 cm³/mol. The molecular formula is C18H28N4O3S. The Morgan fingerprint density at radius 2 is 2.15 bits per heavy atom. The molecule has 0 radical (unpaired) electrons. The number of amides is 1. The second-order valence-corrected chi connectivity index (χ2v) is 8.90. The van der Waals surface area contributed by atoms with E-state index in [4.69, 9.17) is 0 Å². The minimum absolute atomic E-state index is 0.0116. The highest BCUT2D eigenvalue weighted by Gasteiger charge is 2.28. The van der Waals surface area contributed by atoms with Crippen LogP contribution < -0.4 is 16.0 Å². The lowest BCUT2D eigenvalue weighted by atomic mass is 10.1. The molecule has 2 rings (SSSR count). The van der Waals surface area contributed by atoms with E-state index >= 15 is 0 Å². The number of rotatable bonds is 6. The van der Waals surface area contributed by atoms with Crippen molar-refractivity contribution in [2.45, 2.75) is 39.3 Å². The molecule has 1 heterocycles. The van der Waals surface area contributed by atoms with Crippen LogP contribution in [-0.4, -0.2) is 44.9 Å². The molecule has 1 aliphatic heterocycles. The molecule has 8 heteroatoms. The third kappa shape index (κ3) is 6.01. The van der Waals surface area contributed by atoms with Crippen molar-refractivity contribution in [1.29, 1.82) is 0 Å². The van der Waals surface area contributed by atoms with E-state index in [1.165, 1.54) is 0 Å². The predicted octanol–water partition coefficient (Wildman–Crippen LogP) is 1.52. The van der Waals surface area contributed by atoms with Gasteiger partial charge in [-0.3, -0.25) is 9.79 Å². The van der Waals surface area contributed by atoms with Crippen molar-refractivity contribution in [1.82, 2.24) is 10.6 Å². The van der Waals surface area contributed by atoms with E-state index in [1.807, 2.05) is 38.1 Å². The Morgan fingerprint density at radius 1 is 1.38 bits per heavy atom. The average Bonchev–Trinajstić information content (AvgIpc) is 2.96. The summed E-state index contributed by atoms with van der Waals surface area (Å²) >= 11 is 0. The first-order valence-corrected chi connectivity index (χ1v) is 10.7. The Morgan fingerprint density at radius 3 is 2.77 bits per heavy atom. The van der Waals surface area contributed by atoms with Crippen LogP contribution in [0.15, 0.2) is 29.3 Å². The Hall–Kier alpha value is -2.09. The molecule has 3 N–H and O–H groups in total. The van der Waals surface area contributed by atoms with Gasteiger partial charge in [0.15, 0.2) is 15.8 Å². The highest BCUT2D eigenvalue weighted by molar-refractivity contribution is 7.91. The van der Waals surface area contributed by atoms with Gasteiger partial charge >= 0.3 is 0 Å². The maximum atomic E-state index is 12.0. The van der Waals surface area contributed by atoms with E-state index in [0.29, 0.717) is 18.9 Å². The standard InChI is InChI=1S/C18H28N4O3S/c1-4-13(2)17(23)21-15-7-5-6-14(10-15)11-20-18(19-3)22-16-8-9-26(24,25)12-16/h5-7,10,13,16H,4,8-9,11-12H2,1-3H3,(H,21,23)(H2,19,20,22). The molecule has 7 nitrogen and oxygen atoms in total. The highest BCUT2D eigenvalue weighted by Crippen LogP contribution is 2.13. The summed E-state index contributed by atoms with van der Waals surface area (Å²) in [7, 11) is -1.27. The van der Waals surface area contributed by atoms with Gasteiger partial charge in [-0.05, 0) is 30.5 Å². The van der Waals surface area contributed by atoms with Crippen molar-refractivity contribution in [2.75, 3.05) is 23.9 Å². The van der Waals surface area contributed by atoms with E-state index in [1.54, 1.807) is 7.05 Å². The van der Waals surface area contributed by atoms with Crippen molar-refractivity contribution in [2.24, 2.45) is 10.9 Å². The molecule has 144 valence electrons. The lowest BCUT2D eigenvalue weighted by molar-refractivity contribution is -0.119. The molecule has 0 aliphatic carbocycles. The van der Waals surface area contributed by atoms with Crippen molar-refractivity contribution < 1.29 is 13.2 Å². The topological polar surface area (TPSA) is 99.7 Å². The minimum atomic E-state index is -2.93. The fraction of sp³-hybridized carbons (Fsp3) is 0.556. The number of nitrogens with one attached hydrogen (secondary N) is 3. The maximum Gasteiger partial charge on any atom is 0.227 e.